The van der Waals surface area contributed by atoms with Crippen LogP contribution in [-0.4, -0.2) is 46.2 Å². The molecule has 1 spiro atoms. The van der Waals surface area contributed by atoms with Crippen molar-refractivity contribution in [2.24, 2.45) is 28.6 Å². The molecule has 6 heteroatoms. The van der Waals surface area contributed by atoms with Crippen molar-refractivity contribution in [2.75, 3.05) is 19.8 Å². The third-order valence-electron chi connectivity index (χ3n) is 10.3. The van der Waals surface area contributed by atoms with Crippen molar-refractivity contribution < 1.29 is 10.2 Å². The number of aromatic amines is 1. The molecule has 1 aromatic carbocycles. The van der Waals surface area contributed by atoms with Gasteiger partial charge in [0.2, 0.25) is 0 Å². The van der Waals surface area contributed by atoms with Crippen LogP contribution in [0.2, 0.25) is 0 Å². The van der Waals surface area contributed by atoms with Gasteiger partial charge >= 0.3 is 0 Å². The lowest BCUT2D eigenvalue weighted by Gasteiger charge is -2.49. The number of allylic oxidation sites excluding steroid dienone is 3. The summed E-state index contributed by atoms with van der Waals surface area (Å²) in [5.41, 5.74) is 10.3. The summed E-state index contributed by atoms with van der Waals surface area (Å²) >= 11 is 0. The maximum Gasteiger partial charge on any atom is 0.153 e. The molecule has 6 nitrogen and oxygen atoms in total. The van der Waals surface area contributed by atoms with Gasteiger partial charge in [0.25, 0.3) is 0 Å². The second-order valence-electron chi connectivity index (χ2n) is 12.1. The summed E-state index contributed by atoms with van der Waals surface area (Å²) in [6.07, 6.45) is 12.7. The Kier molecular flexibility index (Phi) is 5.27. The number of nitrogens with zero attached hydrogens (tertiary/aromatic N) is 1. The van der Waals surface area contributed by atoms with E-state index in [1.54, 1.807) is 0 Å². The number of anilines is 1. The minimum atomic E-state index is -0.718. The van der Waals surface area contributed by atoms with Crippen molar-refractivity contribution in [1.82, 2.24) is 15.5 Å². The zero-order valence-electron chi connectivity index (χ0n) is 21.3. The van der Waals surface area contributed by atoms with Crippen molar-refractivity contribution in [3.63, 3.8) is 0 Å². The number of aliphatic hydroxyl groups excluding tert-OH is 1. The normalized spacial score (nSPS) is 41.3. The fourth-order valence-electron chi connectivity index (χ4n) is 8.64. The van der Waals surface area contributed by atoms with Crippen LogP contribution in [0.4, 0.5) is 5.82 Å². The van der Waals surface area contributed by atoms with Gasteiger partial charge in [-0.1, -0.05) is 25.1 Å². The van der Waals surface area contributed by atoms with Gasteiger partial charge in [-0.05, 0) is 112 Å². The van der Waals surface area contributed by atoms with E-state index in [9.17, 15) is 10.2 Å². The van der Waals surface area contributed by atoms with E-state index in [1.165, 1.54) is 23.1 Å². The highest BCUT2D eigenvalue weighted by molar-refractivity contribution is 5.91. The fraction of sp³-hybridized carbons (Fsp3) is 0.621. The SMILES string of the molecule is CC12CC=C3C4CC45CC(O)CCC5CC[C@]3(O)C1CC=C2c1ccc2c(N)n[nH]c2c1.CNC. The summed E-state index contributed by atoms with van der Waals surface area (Å²) in [5, 5.41) is 33.7. The molecule has 7 atom stereocenters. The van der Waals surface area contributed by atoms with Crippen molar-refractivity contribution in [1.29, 1.82) is 0 Å². The number of benzene rings is 1. The van der Waals surface area contributed by atoms with Crippen molar-refractivity contribution in [3.8, 4) is 0 Å². The Morgan fingerprint density at radius 1 is 1.14 bits per heavy atom. The highest BCUT2D eigenvalue weighted by Crippen LogP contribution is 2.74. The minimum absolute atomic E-state index is 0.0748. The molecule has 3 fully saturated rings. The van der Waals surface area contributed by atoms with E-state index in [-0.39, 0.29) is 22.9 Å². The van der Waals surface area contributed by atoms with Crippen LogP contribution in [0, 0.1) is 28.6 Å². The quantitative estimate of drug-likeness (QED) is 0.392. The van der Waals surface area contributed by atoms with E-state index in [0.717, 1.165) is 55.8 Å². The van der Waals surface area contributed by atoms with Crippen LogP contribution >= 0.6 is 0 Å². The third-order valence-corrected chi connectivity index (χ3v) is 10.3. The standard InChI is InChI=1S/C27H33N3O2.C2H7N/c1-25-10-9-20-21-14-26(21)13-17(31)4-3-16(26)8-11-27(20,32)23(25)7-6-19(25)15-2-5-18-22(12-15)29-30-24(18)28;1-3-2/h2,5-6,9,12,16-17,21,23,31-32H,3-4,7-8,10-11,13-14H2,1H3,(H3,28,29,30);3H,1-2H3/t16?,17?,21?,23?,25?,26?,27-;/m1./s1. The Bertz CT molecular complexity index is 1220. The van der Waals surface area contributed by atoms with Gasteiger partial charge in [-0.25, -0.2) is 0 Å². The van der Waals surface area contributed by atoms with Gasteiger partial charge in [0.05, 0.1) is 17.2 Å². The second-order valence-corrected chi connectivity index (χ2v) is 12.1. The first-order chi connectivity index (χ1) is 16.8. The topological polar surface area (TPSA) is 107 Å². The molecule has 0 amide bonds. The average molecular weight is 477 g/mol. The number of nitrogens with one attached hydrogen (secondary N) is 2. The largest absolute Gasteiger partial charge is 0.393 e. The van der Waals surface area contributed by atoms with Gasteiger partial charge in [-0.2, -0.15) is 5.10 Å². The molecular weight excluding hydrogens is 436 g/mol. The fourth-order valence-corrected chi connectivity index (χ4v) is 8.64. The van der Waals surface area contributed by atoms with E-state index in [0.29, 0.717) is 17.7 Å². The Balaban J connectivity index is 0.000000727. The van der Waals surface area contributed by atoms with E-state index in [2.05, 4.69) is 52.8 Å². The summed E-state index contributed by atoms with van der Waals surface area (Å²) in [6.45, 7) is 2.36. The molecule has 6 unspecified atom stereocenters. The number of hydrogen-bond donors (Lipinski definition) is 5. The Morgan fingerprint density at radius 3 is 2.74 bits per heavy atom. The number of nitrogens with two attached hydrogens (primary N) is 1. The Morgan fingerprint density at radius 2 is 1.94 bits per heavy atom. The van der Waals surface area contributed by atoms with Gasteiger partial charge in [0.1, 0.15) is 0 Å². The predicted molar refractivity (Wildman–Crippen MR) is 140 cm³/mol. The van der Waals surface area contributed by atoms with Crippen molar-refractivity contribution in [2.45, 2.75) is 70.0 Å². The highest BCUT2D eigenvalue weighted by Gasteiger charge is 2.68. The Labute approximate surface area is 208 Å². The molecule has 35 heavy (non-hydrogen) atoms. The van der Waals surface area contributed by atoms with Crippen molar-refractivity contribution in [3.05, 3.63) is 41.5 Å². The van der Waals surface area contributed by atoms with Gasteiger partial charge < -0.3 is 21.3 Å². The smallest absolute Gasteiger partial charge is 0.153 e. The first-order valence-corrected chi connectivity index (χ1v) is 13.4. The van der Waals surface area contributed by atoms with Crippen LogP contribution < -0.4 is 11.1 Å². The number of rotatable bonds is 1. The maximum atomic E-state index is 12.4. The number of hydrogen-bond acceptors (Lipinski definition) is 5. The summed E-state index contributed by atoms with van der Waals surface area (Å²) < 4.78 is 0. The van der Waals surface area contributed by atoms with Gasteiger partial charge in [-0.3, -0.25) is 5.10 Å². The first kappa shape index (κ1) is 23.3. The lowest BCUT2D eigenvalue weighted by Crippen LogP contribution is -2.49. The minimum Gasteiger partial charge on any atom is -0.393 e. The van der Waals surface area contributed by atoms with E-state index in [4.69, 9.17) is 5.73 Å². The lowest BCUT2D eigenvalue weighted by molar-refractivity contribution is -0.0389. The molecule has 0 radical (unpaired) electrons. The van der Waals surface area contributed by atoms with E-state index >= 15 is 0 Å². The zero-order chi connectivity index (χ0) is 24.6. The second kappa shape index (κ2) is 7.92. The number of aliphatic hydroxyl groups is 2. The summed E-state index contributed by atoms with van der Waals surface area (Å²) in [5.74, 6) is 1.90. The predicted octanol–water partition coefficient (Wildman–Crippen LogP) is 4.41. The van der Waals surface area contributed by atoms with E-state index in [1.807, 2.05) is 14.1 Å². The molecule has 1 aromatic heterocycles. The van der Waals surface area contributed by atoms with Crippen LogP contribution in [0.3, 0.4) is 0 Å². The number of fused-ring (bicyclic) bond motifs is 5. The van der Waals surface area contributed by atoms with Gasteiger partial charge in [0.15, 0.2) is 5.82 Å². The molecular formula is C29H40N4O2. The first-order valence-electron chi connectivity index (χ1n) is 13.4. The molecule has 3 saturated carbocycles. The molecule has 6 N–H and O–H groups in total. The van der Waals surface area contributed by atoms with Crippen LogP contribution in [-0.2, 0) is 0 Å². The monoisotopic (exact) mass is 476 g/mol. The summed E-state index contributed by atoms with van der Waals surface area (Å²) in [4.78, 5) is 0. The molecule has 0 bridgehead atoms. The van der Waals surface area contributed by atoms with Gasteiger partial charge in [-0.15, -0.1) is 0 Å². The molecule has 5 aliphatic rings. The average Bonchev–Trinajstić information content (AvgIpc) is 3.22. The Hall–Kier alpha value is -2.15. The molecule has 0 aliphatic heterocycles. The molecule has 2 aromatic rings. The number of aromatic nitrogens is 2. The van der Waals surface area contributed by atoms with Crippen LogP contribution in [0.15, 0.2) is 35.9 Å². The lowest BCUT2D eigenvalue weighted by atomic mass is 9.58. The van der Waals surface area contributed by atoms with Crippen LogP contribution in [0.25, 0.3) is 16.5 Å². The molecule has 7 rings (SSSR count). The highest BCUT2D eigenvalue weighted by atomic mass is 16.3. The molecule has 5 aliphatic carbocycles. The van der Waals surface area contributed by atoms with E-state index < -0.39 is 5.60 Å². The molecule has 1 heterocycles. The number of nitrogen functional groups attached to an aromatic ring is 1. The molecule has 0 saturated heterocycles. The summed E-state index contributed by atoms with van der Waals surface area (Å²) in [7, 11) is 3.75. The molecule has 188 valence electrons. The van der Waals surface area contributed by atoms with Crippen molar-refractivity contribution >= 4 is 22.3 Å². The van der Waals surface area contributed by atoms with Crippen LogP contribution in [0.1, 0.15) is 63.9 Å². The number of H-pyrrole nitrogens is 1. The zero-order valence-corrected chi connectivity index (χ0v) is 21.3. The summed E-state index contributed by atoms with van der Waals surface area (Å²) in [6, 6.07) is 6.39. The van der Waals surface area contributed by atoms with Crippen LogP contribution in [0.5, 0.6) is 0 Å². The third kappa shape index (κ3) is 3.22. The van der Waals surface area contributed by atoms with Gasteiger partial charge in [0, 0.05) is 16.7 Å². The maximum absolute atomic E-state index is 12.4.